The number of hydrogen-bond donors (Lipinski definition) is 0. The molecule has 3 rings (SSSR count). The molecule has 4 heteroatoms. The molecule has 1 unspecified atom stereocenters. The summed E-state index contributed by atoms with van der Waals surface area (Å²) in [5.74, 6) is 0.950. The molecule has 1 aliphatic heterocycles. The Balaban J connectivity index is 1.76. The first-order chi connectivity index (χ1) is 8.78. The predicted molar refractivity (Wildman–Crippen MR) is 68.9 cm³/mol. The fraction of sp³-hybridized carbons (Fsp3) is 0.357. The molecule has 1 aliphatic rings. The smallest absolute Gasteiger partial charge is 0.328 e. The molecule has 0 N–H and O–H groups in total. The molecule has 18 heavy (non-hydrogen) atoms. The van der Waals surface area contributed by atoms with Crippen LogP contribution in [0.2, 0.25) is 0 Å². The second-order valence-corrected chi connectivity index (χ2v) is 4.57. The molecule has 2 aromatic rings. The molecule has 0 spiro atoms. The summed E-state index contributed by atoms with van der Waals surface area (Å²) in [6.45, 7) is 3.28. The maximum absolute atomic E-state index is 11.9. The van der Waals surface area contributed by atoms with E-state index in [-0.39, 0.29) is 11.8 Å². The first-order valence-electron chi connectivity index (χ1n) is 6.28. The van der Waals surface area contributed by atoms with Crippen molar-refractivity contribution in [3.05, 3.63) is 52.7 Å². The third-order valence-electron chi connectivity index (χ3n) is 3.37. The quantitative estimate of drug-likeness (QED) is 0.823. The number of hydrogen-bond acceptors (Lipinski definition) is 2. The molecule has 1 aromatic carbocycles. The summed E-state index contributed by atoms with van der Waals surface area (Å²) < 4.78 is 9.26. The maximum atomic E-state index is 11.9. The van der Waals surface area contributed by atoms with Crippen LogP contribution in [-0.4, -0.2) is 15.2 Å². The van der Waals surface area contributed by atoms with Crippen LogP contribution in [0.4, 0.5) is 0 Å². The molecule has 94 valence electrons. The van der Waals surface area contributed by atoms with Crippen molar-refractivity contribution in [3.8, 4) is 5.75 Å². The normalized spacial score (nSPS) is 17.5. The van der Waals surface area contributed by atoms with Crippen LogP contribution >= 0.6 is 0 Å². The van der Waals surface area contributed by atoms with Crippen LogP contribution in [0.1, 0.15) is 12.5 Å². The zero-order chi connectivity index (χ0) is 12.5. The summed E-state index contributed by atoms with van der Waals surface area (Å²) in [4.78, 5) is 11.9. The second-order valence-electron chi connectivity index (χ2n) is 4.57. The molecule has 1 atom stereocenters. The summed E-state index contributed by atoms with van der Waals surface area (Å²) in [5, 5.41) is 0. The largest absolute Gasteiger partial charge is 0.488 e. The Morgan fingerprint density at radius 2 is 2.06 bits per heavy atom. The third-order valence-corrected chi connectivity index (χ3v) is 3.37. The number of rotatable bonds is 3. The molecule has 0 fully saturated rings. The van der Waals surface area contributed by atoms with E-state index in [2.05, 4.69) is 6.07 Å². The lowest BCUT2D eigenvalue weighted by atomic mass is 10.1. The molecule has 0 saturated heterocycles. The SMILES string of the molecule is CCn1ccn(CC2Cc3ccccc3O2)c1=O. The van der Waals surface area contributed by atoms with Gasteiger partial charge in [-0.3, -0.25) is 9.13 Å². The van der Waals surface area contributed by atoms with Crippen molar-refractivity contribution in [3.63, 3.8) is 0 Å². The fourth-order valence-corrected chi connectivity index (χ4v) is 2.41. The van der Waals surface area contributed by atoms with E-state index in [1.54, 1.807) is 9.13 Å². The Morgan fingerprint density at radius 1 is 1.28 bits per heavy atom. The van der Waals surface area contributed by atoms with E-state index in [0.717, 1.165) is 12.2 Å². The van der Waals surface area contributed by atoms with Crippen LogP contribution in [0.5, 0.6) is 5.75 Å². The molecule has 0 radical (unpaired) electrons. The molecule has 1 aromatic heterocycles. The Hall–Kier alpha value is -1.97. The first kappa shape index (κ1) is 11.1. The van der Waals surface area contributed by atoms with Gasteiger partial charge in [-0.25, -0.2) is 4.79 Å². The molecular weight excluding hydrogens is 228 g/mol. The van der Waals surface area contributed by atoms with E-state index < -0.39 is 0 Å². The fourth-order valence-electron chi connectivity index (χ4n) is 2.41. The Morgan fingerprint density at radius 3 is 2.78 bits per heavy atom. The van der Waals surface area contributed by atoms with Gasteiger partial charge in [0, 0.05) is 25.4 Å². The van der Waals surface area contributed by atoms with Gasteiger partial charge < -0.3 is 4.74 Å². The van der Waals surface area contributed by atoms with Gasteiger partial charge in [0.1, 0.15) is 11.9 Å². The number of aryl methyl sites for hydroxylation is 1. The average molecular weight is 244 g/mol. The Kier molecular flexibility index (Phi) is 2.70. The zero-order valence-corrected chi connectivity index (χ0v) is 10.4. The molecule has 0 saturated carbocycles. The van der Waals surface area contributed by atoms with Crippen molar-refractivity contribution in [2.75, 3.05) is 0 Å². The topological polar surface area (TPSA) is 36.2 Å². The Labute approximate surface area is 105 Å². The average Bonchev–Trinajstić information content (AvgIpc) is 2.94. The summed E-state index contributed by atoms with van der Waals surface area (Å²) in [6.07, 6.45) is 4.59. The summed E-state index contributed by atoms with van der Waals surface area (Å²) in [7, 11) is 0. The summed E-state index contributed by atoms with van der Waals surface area (Å²) >= 11 is 0. The highest BCUT2D eigenvalue weighted by molar-refractivity contribution is 5.37. The van der Waals surface area contributed by atoms with E-state index in [4.69, 9.17) is 4.74 Å². The lowest BCUT2D eigenvalue weighted by molar-refractivity contribution is 0.207. The van der Waals surface area contributed by atoms with Crippen molar-refractivity contribution in [2.24, 2.45) is 0 Å². The number of para-hydroxylation sites is 1. The lowest BCUT2D eigenvalue weighted by Gasteiger charge is -2.10. The van der Waals surface area contributed by atoms with Crippen LogP contribution in [0.3, 0.4) is 0 Å². The lowest BCUT2D eigenvalue weighted by Crippen LogP contribution is -2.30. The standard InChI is InChI=1S/C14H16N2O2/c1-2-15-7-8-16(14(15)17)10-12-9-11-5-3-4-6-13(11)18-12/h3-8,12H,2,9-10H2,1H3. The molecule has 0 aliphatic carbocycles. The van der Waals surface area contributed by atoms with Gasteiger partial charge in [-0.1, -0.05) is 18.2 Å². The minimum absolute atomic E-state index is 0.0389. The number of fused-ring (bicyclic) bond motifs is 1. The molecular formula is C14H16N2O2. The Bertz CT molecular complexity index is 587. The van der Waals surface area contributed by atoms with Crippen molar-refractivity contribution in [1.82, 2.24) is 9.13 Å². The number of nitrogens with zero attached hydrogens (tertiary/aromatic N) is 2. The van der Waals surface area contributed by atoms with Gasteiger partial charge in [-0.15, -0.1) is 0 Å². The van der Waals surface area contributed by atoms with Gasteiger partial charge in [0.05, 0.1) is 6.54 Å². The van der Waals surface area contributed by atoms with E-state index in [0.29, 0.717) is 13.1 Å². The van der Waals surface area contributed by atoms with Gasteiger partial charge in [0.15, 0.2) is 0 Å². The van der Waals surface area contributed by atoms with E-state index in [1.165, 1.54) is 5.56 Å². The second kappa shape index (κ2) is 4.37. The van der Waals surface area contributed by atoms with Crippen molar-refractivity contribution in [1.29, 1.82) is 0 Å². The van der Waals surface area contributed by atoms with Crippen molar-refractivity contribution >= 4 is 0 Å². The van der Waals surface area contributed by atoms with Gasteiger partial charge in [0.2, 0.25) is 0 Å². The van der Waals surface area contributed by atoms with E-state index >= 15 is 0 Å². The summed E-state index contributed by atoms with van der Waals surface area (Å²) in [5.41, 5.74) is 1.27. The highest BCUT2D eigenvalue weighted by atomic mass is 16.5. The van der Waals surface area contributed by atoms with Crippen molar-refractivity contribution < 1.29 is 4.74 Å². The molecule has 4 nitrogen and oxygen atoms in total. The van der Waals surface area contributed by atoms with Crippen LogP contribution < -0.4 is 10.4 Å². The van der Waals surface area contributed by atoms with Gasteiger partial charge in [-0.05, 0) is 18.6 Å². The van der Waals surface area contributed by atoms with Crippen LogP contribution in [0.25, 0.3) is 0 Å². The van der Waals surface area contributed by atoms with Crippen LogP contribution in [0, 0.1) is 0 Å². The maximum Gasteiger partial charge on any atom is 0.328 e. The van der Waals surface area contributed by atoms with Crippen molar-refractivity contribution in [2.45, 2.75) is 32.5 Å². The predicted octanol–water partition coefficient (Wildman–Crippen LogP) is 1.67. The van der Waals surface area contributed by atoms with Gasteiger partial charge in [0.25, 0.3) is 0 Å². The minimum Gasteiger partial charge on any atom is -0.488 e. The molecule has 0 amide bonds. The number of ether oxygens (including phenoxy) is 1. The zero-order valence-electron chi connectivity index (χ0n) is 10.4. The number of imidazole rings is 1. The van der Waals surface area contributed by atoms with Gasteiger partial charge in [-0.2, -0.15) is 0 Å². The van der Waals surface area contributed by atoms with E-state index in [9.17, 15) is 4.79 Å². The number of benzene rings is 1. The summed E-state index contributed by atoms with van der Waals surface area (Å²) in [6, 6.07) is 8.05. The highest BCUT2D eigenvalue weighted by Crippen LogP contribution is 2.28. The first-order valence-corrected chi connectivity index (χ1v) is 6.28. The third kappa shape index (κ3) is 1.83. The minimum atomic E-state index is 0.0389. The molecule has 2 heterocycles. The van der Waals surface area contributed by atoms with Crippen LogP contribution in [-0.2, 0) is 19.5 Å². The van der Waals surface area contributed by atoms with Crippen LogP contribution in [0.15, 0.2) is 41.5 Å². The van der Waals surface area contributed by atoms with Gasteiger partial charge >= 0.3 is 5.69 Å². The monoisotopic (exact) mass is 244 g/mol. The number of aromatic nitrogens is 2. The highest BCUT2D eigenvalue weighted by Gasteiger charge is 2.23. The molecule has 0 bridgehead atoms. The van der Waals surface area contributed by atoms with E-state index in [1.807, 2.05) is 37.5 Å².